The number of nitro benzene ring substituents is 1. The second-order valence-electron chi connectivity index (χ2n) is 13.0. The van der Waals surface area contributed by atoms with Crippen molar-refractivity contribution in [3.8, 4) is 0 Å². The Hall–Kier alpha value is -5.13. The maximum atomic E-state index is 14.0. The average Bonchev–Trinajstić information content (AvgIpc) is 3.09. The Morgan fingerprint density at radius 3 is 1.88 bits per heavy atom. The van der Waals surface area contributed by atoms with Crippen LogP contribution in [0.1, 0.15) is 51.3 Å². The number of esters is 2. The van der Waals surface area contributed by atoms with Gasteiger partial charge >= 0.3 is 11.9 Å². The molecule has 4 aromatic rings. The zero-order valence-corrected chi connectivity index (χ0v) is 29.0. The van der Waals surface area contributed by atoms with E-state index in [9.17, 15) is 24.5 Å². The summed E-state index contributed by atoms with van der Waals surface area (Å²) >= 11 is 0. The number of nitrogens with zero attached hydrogens (tertiary/aromatic N) is 2. The summed E-state index contributed by atoms with van der Waals surface area (Å²) in [4.78, 5) is 51.7. The van der Waals surface area contributed by atoms with Gasteiger partial charge in [0.25, 0.3) is 19.9 Å². The maximum absolute atomic E-state index is 14.0. The van der Waals surface area contributed by atoms with Gasteiger partial charge in [-0.3, -0.25) is 19.7 Å². The van der Waals surface area contributed by atoms with Gasteiger partial charge in [0.15, 0.2) is 0 Å². The number of benzene rings is 4. The summed E-state index contributed by atoms with van der Waals surface area (Å²) in [6, 6.07) is 33.2. The average molecular weight is 681 g/mol. The highest BCUT2D eigenvalue weighted by atomic mass is 28.4. The van der Waals surface area contributed by atoms with Gasteiger partial charge in [0.2, 0.25) is 6.10 Å². The number of ether oxygens (including phenoxy) is 2. The Labute approximate surface area is 286 Å². The molecular formula is C38H40N2O8Si. The van der Waals surface area contributed by atoms with E-state index in [1.807, 2.05) is 66.7 Å². The summed E-state index contributed by atoms with van der Waals surface area (Å²) < 4.78 is 18.3. The molecule has 1 aliphatic heterocycles. The van der Waals surface area contributed by atoms with Gasteiger partial charge in [-0.2, -0.15) is 0 Å². The first-order valence-electron chi connectivity index (χ1n) is 16.1. The van der Waals surface area contributed by atoms with Gasteiger partial charge < -0.3 is 18.8 Å². The van der Waals surface area contributed by atoms with E-state index in [1.165, 1.54) is 36.1 Å². The van der Waals surface area contributed by atoms with Crippen molar-refractivity contribution in [1.82, 2.24) is 4.90 Å². The van der Waals surface area contributed by atoms with Crippen LogP contribution in [-0.2, 0) is 34.9 Å². The number of hydrogen-bond acceptors (Lipinski definition) is 8. The van der Waals surface area contributed by atoms with Crippen LogP contribution in [-0.4, -0.2) is 54.7 Å². The summed E-state index contributed by atoms with van der Waals surface area (Å²) in [7, 11) is -2.98. The number of carbonyl (C=O) groups excluding carboxylic acids is 3. The minimum Gasteiger partial charge on any atom is -0.459 e. The molecule has 254 valence electrons. The predicted octanol–water partition coefficient (Wildman–Crippen LogP) is 5.49. The quantitative estimate of drug-likeness (QED) is 0.0597. The largest absolute Gasteiger partial charge is 0.459 e. The molecule has 4 aromatic carbocycles. The standard InChI is InChI=1S/C38H40N2O8Si/c1-27(41)48-35-34(29-14-8-5-9-15-29)39(36(35)42)33(37(43)46-26-28-20-22-30(23-21-28)40(44)45)24-25-47-49(38(2,3)4,31-16-10-6-11-17-31)32-18-12-7-13-19-32/h5-23,33-35H,24-26H2,1-4H3. The van der Waals surface area contributed by atoms with Crippen LogP contribution < -0.4 is 10.4 Å². The molecule has 0 saturated carbocycles. The number of hydrogen-bond donors (Lipinski definition) is 0. The second-order valence-corrected chi connectivity index (χ2v) is 17.3. The molecule has 0 aliphatic carbocycles. The van der Waals surface area contributed by atoms with Crippen LogP contribution in [0.25, 0.3) is 0 Å². The number of likely N-dealkylation sites (tertiary alicyclic amines) is 1. The molecule has 1 fully saturated rings. The van der Waals surface area contributed by atoms with Gasteiger partial charge in [-0.15, -0.1) is 0 Å². The number of non-ortho nitro benzene ring substituents is 1. The van der Waals surface area contributed by atoms with Gasteiger partial charge in [-0.25, -0.2) is 4.79 Å². The van der Waals surface area contributed by atoms with E-state index in [0.29, 0.717) is 11.1 Å². The van der Waals surface area contributed by atoms with Crippen LogP contribution in [0.4, 0.5) is 5.69 Å². The molecular weight excluding hydrogens is 641 g/mol. The van der Waals surface area contributed by atoms with E-state index in [2.05, 4.69) is 45.0 Å². The van der Waals surface area contributed by atoms with E-state index < -0.39 is 49.3 Å². The van der Waals surface area contributed by atoms with Crippen LogP contribution in [0.3, 0.4) is 0 Å². The fourth-order valence-electron chi connectivity index (χ4n) is 6.53. The Bertz CT molecular complexity index is 1720. The number of β-lactam (4-membered cyclic amide) rings is 1. The summed E-state index contributed by atoms with van der Waals surface area (Å²) in [6.07, 6.45) is -0.992. The Balaban J connectivity index is 1.48. The number of carbonyl (C=O) groups is 3. The van der Waals surface area contributed by atoms with E-state index in [1.54, 1.807) is 0 Å². The third-order valence-electron chi connectivity index (χ3n) is 8.78. The summed E-state index contributed by atoms with van der Waals surface area (Å²) in [5.74, 6) is -1.78. The lowest BCUT2D eigenvalue weighted by molar-refractivity contribution is -0.384. The third-order valence-corrected chi connectivity index (χ3v) is 13.8. The molecule has 11 heteroatoms. The smallest absolute Gasteiger partial charge is 0.329 e. The lowest BCUT2D eigenvalue weighted by atomic mass is 9.88. The molecule has 1 aliphatic rings. The van der Waals surface area contributed by atoms with Crippen LogP contribution in [0.2, 0.25) is 5.04 Å². The maximum Gasteiger partial charge on any atom is 0.329 e. The van der Waals surface area contributed by atoms with Crippen LogP contribution in [0.5, 0.6) is 0 Å². The fraction of sp³-hybridized carbons (Fsp3) is 0.289. The summed E-state index contributed by atoms with van der Waals surface area (Å²) in [5.41, 5.74) is 1.17. The molecule has 0 bridgehead atoms. The topological polar surface area (TPSA) is 125 Å². The highest BCUT2D eigenvalue weighted by molar-refractivity contribution is 6.99. The van der Waals surface area contributed by atoms with Gasteiger partial charge in [-0.05, 0) is 38.7 Å². The molecule has 1 heterocycles. The summed E-state index contributed by atoms with van der Waals surface area (Å²) in [5, 5.41) is 12.9. The van der Waals surface area contributed by atoms with Crippen molar-refractivity contribution >= 4 is 42.2 Å². The number of nitro groups is 1. The molecule has 3 unspecified atom stereocenters. The van der Waals surface area contributed by atoms with Crippen molar-refractivity contribution in [2.75, 3.05) is 6.61 Å². The molecule has 0 spiro atoms. The first kappa shape index (κ1) is 35.2. The van der Waals surface area contributed by atoms with Crippen LogP contribution >= 0.6 is 0 Å². The van der Waals surface area contributed by atoms with E-state index in [4.69, 9.17) is 13.9 Å². The second kappa shape index (κ2) is 15.0. The molecule has 0 aromatic heterocycles. The minimum absolute atomic E-state index is 0.0816. The van der Waals surface area contributed by atoms with E-state index in [-0.39, 0.29) is 30.4 Å². The molecule has 0 N–H and O–H groups in total. The monoisotopic (exact) mass is 680 g/mol. The highest BCUT2D eigenvalue weighted by Crippen LogP contribution is 2.41. The van der Waals surface area contributed by atoms with E-state index >= 15 is 0 Å². The van der Waals surface area contributed by atoms with Gasteiger partial charge in [0.05, 0.1) is 4.92 Å². The lowest BCUT2D eigenvalue weighted by Crippen LogP contribution is -2.67. The van der Waals surface area contributed by atoms with Gasteiger partial charge in [0.1, 0.15) is 18.7 Å². The molecule has 0 radical (unpaired) electrons. The Kier molecular flexibility index (Phi) is 10.7. The van der Waals surface area contributed by atoms with E-state index in [0.717, 1.165) is 10.4 Å². The van der Waals surface area contributed by atoms with Crippen LogP contribution in [0.15, 0.2) is 115 Å². The van der Waals surface area contributed by atoms with Crippen molar-refractivity contribution in [1.29, 1.82) is 0 Å². The normalized spacial score (nSPS) is 16.7. The first-order chi connectivity index (χ1) is 23.4. The number of rotatable bonds is 13. The van der Waals surface area contributed by atoms with Crippen molar-refractivity contribution in [3.63, 3.8) is 0 Å². The fourth-order valence-corrected chi connectivity index (χ4v) is 11.1. The predicted molar refractivity (Wildman–Crippen MR) is 186 cm³/mol. The zero-order chi connectivity index (χ0) is 35.2. The molecule has 1 amide bonds. The lowest BCUT2D eigenvalue weighted by Gasteiger charge is -2.49. The van der Waals surface area contributed by atoms with Gasteiger partial charge in [0, 0.05) is 32.1 Å². The first-order valence-corrected chi connectivity index (χ1v) is 18.0. The highest BCUT2D eigenvalue weighted by Gasteiger charge is 2.56. The van der Waals surface area contributed by atoms with Crippen molar-refractivity contribution in [2.45, 2.75) is 63.9 Å². The summed E-state index contributed by atoms with van der Waals surface area (Å²) in [6.45, 7) is 7.67. The van der Waals surface area contributed by atoms with Crippen molar-refractivity contribution < 1.29 is 33.2 Å². The molecule has 3 atom stereocenters. The SMILES string of the molecule is CC(=O)OC1C(=O)N(C(CCO[Si](c2ccccc2)(c2ccccc2)C(C)(C)C)C(=O)OCc2ccc([N+](=O)[O-])cc2)C1c1ccccc1. The van der Waals surface area contributed by atoms with Gasteiger partial charge in [-0.1, -0.05) is 112 Å². The molecule has 1 saturated heterocycles. The Morgan fingerprint density at radius 2 is 1.39 bits per heavy atom. The molecule has 10 nitrogen and oxygen atoms in total. The molecule has 49 heavy (non-hydrogen) atoms. The number of amides is 1. The molecule has 5 rings (SSSR count). The third kappa shape index (κ3) is 7.47. The van der Waals surface area contributed by atoms with Crippen LogP contribution in [0, 0.1) is 10.1 Å². The zero-order valence-electron chi connectivity index (χ0n) is 28.0. The van der Waals surface area contributed by atoms with Crippen molar-refractivity contribution in [2.24, 2.45) is 0 Å². The van der Waals surface area contributed by atoms with Crippen molar-refractivity contribution in [3.05, 3.63) is 137 Å². The minimum atomic E-state index is -2.98. The Morgan fingerprint density at radius 1 is 0.857 bits per heavy atom.